The van der Waals surface area contributed by atoms with Crippen LogP contribution >= 0.6 is 0 Å². The molecule has 3 aromatic rings. The molecule has 152 valence electrons. The maximum atomic E-state index is 5.89. The summed E-state index contributed by atoms with van der Waals surface area (Å²) in [7, 11) is 0. The highest BCUT2D eigenvalue weighted by Crippen LogP contribution is 2.41. The second kappa shape index (κ2) is 7.63. The number of ether oxygens (including phenoxy) is 1. The van der Waals surface area contributed by atoms with Crippen molar-refractivity contribution >= 4 is 16.6 Å². The lowest BCUT2D eigenvalue weighted by Crippen LogP contribution is -2.46. The van der Waals surface area contributed by atoms with Crippen LogP contribution < -0.4 is 9.64 Å². The molecule has 1 aliphatic carbocycles. The predicted octanol–water partition coefficient (Wildman–Crippen LogP) is 3.60. The van der Waals surface area contributed by atoms with Crippen molar-refractivity contribution in [1.82, 2.24) is 20.0 Å². The van der Waals surface area contributed by atoms with E-state index < -0.39 is 0 Å². The molecule has 0 amide bonds. The van der Waals surface area contributed by atoms with Crippen molar-refractivity contribution in [1.29, 1.82) is 0 Å². The Morgan fingerprint density at radius 2 is 1.97 bits per heavy atom. The van der Waals surface area contributed by atoms with Gasteiger partial charge in [-0.15, -0.1) is 0 Å². The van der Waals surface area contributed by atoms with Crippen molar-refractivity contribution in [2.24, 2.45) is 0 Å². The molecule has 1 aliphatic heterocycles. The van der Waals surface area contributed by atoms with E-state index in [0.29, 0.717) is 11.8 Å². The second-order valence-corrected chi connectivity index (χ2v) is 8.30. The van der Waals surface area contributed by atoms with Gasteiger partial charge in [-0.1, -0.05) is 5.16 Å². The van der Waals surface area contributed by atoms with Crippen molar-refractivity contribution in [2.75, 3.05) is 31.1 Å². The summed E-state index contributed by atoms with van der Waals surface area (Å²) < 4.78 is 11.4. The van der Waals surface area contributed by atoms with Gasteiger partial charge < -0.3 is 14.2 Å². The van der Waals surface area contributed by atoms with Crippen LogP contribution in [0.5, 0.6) is 5.88 Å². The normalized spacial score (nSPS) is 18.0. The van der Waals surface area contributed by atoms with Crippen molar-refractivity contribution in [3.63, 3.8) is 0 Å². The van der Waals surface area contributed by atoms with Crippen LogP contribution in [0.3, 0.4) is 0 Å². The molecule has 5 rings (SSSR count). The van der Waals surface area contributed by atoms with Crippen LogP contribution in [0.1, 0.15) is 43.9 Å². The molecule has 0 unspecified atom stereocenters. The monoisotopic (exact) mass is 393 g/mol. The van der Waals surface area contributed by atoms with E-state index in [2.05, 4.69) is 43.1 Å². The smallest absolute Gasteiger partial charge is 0.224 e. The Kier molecular flexibility index (Phi) is 4.83. The van der Waals surface area contributed by atoms with E-state index >= 15 is 0 Å². The first kappa shape index (κ1) is 18.4. The number of nitrogens with zero attached hydrogens (tertiary/aromatic N) is 5. The summed E-state index contributed by atoms with van der Waals surface area (Å²) in [5, 5.41) is 5.01. The number of hydrogen-bond acceptors (Lipinski definition) is 7. The minimum Gasteiger partial charge on any atom is -0.474 e. The molecule has 1 saturated carbocycles. The minimum absolute atomic E-state index is 0.0817. The zero-order valence-corrected chi connectivity index (χ0v) is 17.0. The summed E-state index contributed by atoms with van der Waals surface area (Å²) in [6, 6.07) is 6.37. The molecule has 1 saturated heterocycles. The van der Waals surface area contributed by atoms with Gasteiger partial charge in [0.1, 0.15) is 12.1 Å². The average Bonchev–Trinajstić information content (AvgIpc) is 3.47. The number of anilines is 1. The van der Waals surface area contributed by atoms with Gasteiger partial charge in [0.2, 0.25) is 5.88 Å². The zero-order chi connectivity index (χ0) is 19.8. The van der Waals surface area contributed by atoms with Crippen molar-refractivity contribution in [2.45, 2.75) is 45.3 Å². The Bertz CT molecular complexity index is 990. The summed E-state index contributed by atoms with van der Waals surface area (Å²) in [5.41, 5.74) is 3.38. The van der Waals surface area contributed by atoms with E-state index in [1.165, 1.54) is 24.1 Å². The first-order valence-electron chi connectivity index (χ1n) is 10.5. The average molecular weight is 393 g/mol. The molecule has 2 aliphatic rings. The largest absolute Gasteiger partial charge is 0.474 e. The fourth-order valence-electron chi connectivity index (χ4n) is 4.01. The van der Waals surface area contributed by atoms with Crippen LogP contribution in [-0.4, -0.2) is 52.3 Å². The van der Waals surface area contributed by atoms with E-state index in [-0.39, 0.29) is 6.10 Å². The fraction of sp³-hybridized carbons (Fsp3) is 0.500. The third-order valence-electron chi connectivity index (χ3n) is 5.69. The molecule has 0 atom stereocenters. The Morgan fingerprint density at radius 1 is 1.14 bits per heavy atom. The molecule has 1 aromatic carbocycles. The van der Waals surface area contributed by atoms with Gasteiger partial charge >= 0.3 is 0 Å². The molecule has 2 aromatic heterocycles. The molecule has 0 N–H and O–H groups in total. The van der Waals surface area contributed by atoms with Gasteiger partial charge in [-0.3, -0.25) is 4.90 Å². The maximum absolute atomic E-state index is 5.89. The number of rotatable bonds is 6. The molecule has 0 spiro atoms. The van der Waals surface area contributed by atoms with Crippen LogP contribution in [0, 0.1) is 0 Å². The van der Waals surface area contributed by atoms with Crippen LogP contribution in [0.2, 0.25) is 0 Å². The molecular formula is C22H27N5O2. The quantitative estimate of drug-likeness (QED) is 0.634. The van der Waals surface area contributed by atoms with Gasteiger partial charge in [0, 0.05) is 49.9 Å². The lowest BCUT2D eigenvalue weighted by molar-refractivity contribution is 0.235. The fourth-order valence-corrected chi connectivity index (χ4v) is 4.01. The number of hydrogen-bond donors (Lipinski definition) is 0. The molecule has 29 heavy (non-hydrogen) atoms. The molecular weight excluding hydrogens is 366 g/mol. The van der Waals surface area contributed by atoms with Gasteiger partial charge in [-0.05, 0) is 44.9 Å². The highest BCUT2D eigenvalue weighted by atomic mass is 16.5. The van der Waals surface area contributed by atoms with Crippen LogP contribution in [-0.2, 0) is 6.54 Å². The molecule has 3 heterocycles. The minimum atomic E-state index is 0.0817. The standard InChI is InChI=1S/C22H27N5O2/c1-15(2)28-22-19-11-18(5-6-20(19)23-14-24-22)27-9-7-26(8-10-27)13-17-12-25-29-21(17)16-3-4-16/h5-6,11-12,14-16H,3-4,7-10,13H2,1-2H3. The van der Waals surface area contributed by atoms with E-state index in [1.807, 2.05) is 20.0 Å². The third kappa shape index (κ3) is 3.92. The van der Waals surface area contributed by atoms with E-state index in [1.54, 1.807) is 6.33 Å². The van der Waals surface area contributed by atoms with Gasteiger partial charge in [-0.2, -0.15) is 0 Å². The van der Waals surface area contributed by atoms with Crippen LogP contribution in [0.25, 0.3) is 10.9 Å². The Labute approximate surface area is 170 Å². The summed E-state index contributed by atoms with van der Waals surface area (Å²) in [6.07, 6.45) is 6.03. The lowest BCUT2D eigenvalue weighted by atomic mass is 10.1. The number of piperazine rings is 1. The first-order chi connectivity index (χ1) is 14.2. The van der Waals surface area contributed by atoms with Gasteiger partial charge in [0.25, 0.3) is 0 Å². The Hall–Kier alpha value is -2.67. The van der Waals surface area contributed by atoms with E-state index in [9.17, 15) is 0 Å². The lowest BCUT2D eigenvalue weighted by Gasteiger charge is -2.36. The van der Waals surface area contributed by atoms with Crippen molar-refractivity contribution in [3.8, 4) is 5.88 Å². The highest BCUT2D eigenvalue weighted by molar-refractivity contribution is 5.86. The van der Waals surface area contributed by atoms with E-state index in [4.69, 9.17) is 9.26 Å². The van der Waals surface area contributed by atoms with Crippen LogP contribution in [0.15, 0.2) is 35.2 Å². The Balaban J connectivity index is 1.27. The Morgan fingerprint density at radius 3 is 2.72 bits per heavy atom. The summed E-state index contributed by atoms with van der Waals surface area (Å²) in [4.78, 5) is 13.6. The highest BCUT2D eigenvalue weighted by Gasteiger charge is 2.31. The number of benzene rings is 1. The second-order valence-electron chi connectivity index (χ2n) is 8.30. The molecule has 7 heteroatoms. The summed E-state index contributed by atoms with van der Waals surface area (Å²) >= 11 is 0. The molecule has 0 bridgehead atoms. The van der Waals surface area contributed by atoms with Crippen molar-refractivity contribution in [3.05, 3.63) is 42.0 Å². The maximum Gasteiger partial charge on any atom is 0.224 e. The zero-order valence-electron chi connectivity index (χ0n) is 17.0. The SMILES string of the molecule is CC(C)Oc1ncnc2ccc(N3CCN(Cc4cnoc4C4CC4)CC3)cc12. The van der Waals surface area contributed by atoms with Crippen LogP contribution in [0.4, 0.5) is 5.69 Å². The topological polar surface area (TPSA) is 67.5 Å². The van der Waals surface area contributed by atoms with Gasteiger partial charge in [-0.25, -0.2) is 9.97 Å². The summed E-state index contributed by atoms with van der Waals surface area (Å²) in [6.45, 7) is 8.98. The molecule has 0 radical (unpaired) electrons. The first-order valence-corrected chi connectivity index (χ1v) is 10.5. The van der Waals surface area contributed by atoms with Crippen molar-refractivity contribution < 1.29 is 9.26 Å². The molecule has 7 nitrogen and oxygen atoms in total. The molecule has 2 fully saturated rings. The van der Waals surface area contributed by atoms with Gasteiger partial charge in [0.15, 0.2) is 0 Å². The summed E-state index contributed by atoms with van der Waals surface area (Å²) in [5.74, 6) is 2.38. The number of aromatic nitrogens is 3. The predicted molar refractivity (Wildman–Crippen MR) is 111 cm³/mol. The van der Waals surface area contributed by atoms with Gasteiger partial charge in [0.05, 0.1) is 23.2 Å². The number of fused-ring (bicyclic) bond motifs is 1. The third-order valence-corrected chi connectivity index (χ3v) is 5.69. The van der Waals surface area contributed by atoms with E-state index in [0.717, 1.165) is 49.4 Å².